The van der Waals surface area contributed by atoms with Crippen molar-refractivity contribution < 1.29 is 9.47 Å². The highest BCUT2D eigenvalue weighted by Gasteiger charge is 2.28. The summed E-state index contributed by atoms with van der Waals surface area (Å²) in [6.07, 6.45) is 6.20. The standard InChI is InChI=1S/C17H23N3O2/c1-21-14-6-7-17(22-2)15(13-14)16-5-3-9-19(16)11-12-20-10-4-8-18-20/h4,6-8,10,13,16H,3,5,9,11-12H2,1-2H3/t16-/m0/s1. The Balaban J connectivity index is 1.77. The maximum atomic E-state index is 5.56. The molecule has 2 heterocycles. The van der Waals surface area contributed by atoms with E-state index in [9.17, 15) is 0 Å². The van der Waals surface area contributed by atoms with Gasteiger partial charge in [-0.05, 0) is 43.7 Å². The molecule has 0 bridgehead atoms. The maximum absolute atomic E-state index is 5.56. The zero-order chi connectivity index (χ0) is 15.4. The van der Waals surface area contributed by atoms with Gasteiger partial charge < -0.3 is 9.47 Å². The van der Waals surface area contributed by atoms with Gasteiger partial charge in [-0.15, -0.1) is 0 Å². The molecule has 1 aliphatic heterocycles. The van der Waals surface area contributed by atoms with Gasteiger partial charge in [0.1, 0.15) is 11.5 Å². The van der Waals surface area contributed by atoms with E-state index in [1.165, 1.54) is 12.0 Å². The van der Waals surface area contributed by atoms with Crippen LogP contribution >= 0.6 is 0 Å². The predicted molar refractivity (Wildman–Crippen MR) is 85.3 cm³/mol. The first kappa shape index (κ1) is 14.9. The minimum absolute atomic E-state index is 0.389. The first-order valence-corrected chi connectivity index (χ1v) is 7.75. The van der Waals surface area contributed by atoms with E-state index in [0.29, 0.717) is 6.04 Å². The molecule has 0 amide bonds. The zero-order valence-corrected chi connectivity index (χ0v) is 13.2. The van der Waals surface area contributed by atoms with Crippen LogP contribution in [0.2, 0.25) is 0 Å². The molecule has 0 saturated carbocycles. The van der Waals surface area contributed by atoms with Crippen molar-refractivity contribution in [2.45, 2.75) is 25.4 Å². The van der Waals surface area contributed by atoms with Crippen LogP contribution in [0.3, 0.4) is 0 Å². The molecule has 1 aromatic heterocycles. The third-order valence-electron chi connectivity index (χ3n) is 4.34. The number of hydrogen-bond acceptors (Lipinski definition) is 4. The Morgan fingerprint density at radius 2 is 2.14 bits per heavy atom. The molecule has 118 valence electrons. The van der Waals surface area contributed by atoms with E-state index in [4.69, 9.17) is 9.47 Å². The molecule has 2 aromatic rings. The van der Waals surface area contributed by atoms with Crippen LogP contribution < -0.4 is 9.47 Å². The molecule has 1 aromatic carbocycles. The van der Waals surface area contributed by atoms with E-state index >= 15 is 0 Å². The molecule has 1 fully saturated rings. The van der Waals surface area contributed by atoms with Crippen LogP contribution in [-0.2, 0) is 6.54 Å². The number of rotatable bonds is 6. The van der Waals surface area contributed by atoms with E-state index in [0.717, 1.165) is 37.6 Å². The average molecular weight is 301 g/mol. The van der Waals surface area contributed by atoms with Crippen molar-refractivity contribution in [2.75, 3.05) is 27.3 Å². The lowest BCUT2D eigenvalue weighted by Crippen LogP contribution is -2.27. The van der Waals surface area contributed by atoms with Gasteiger partial charge in [-0.3, -0.25) is 9.58 Å². The summed E-state index contributed by atoms with van der Waals surface area (Å²) in [6, 6.07) is 8.41. The molecule has 1 atom stereocenters. The van der Waals surface area contributed by atoms with E-state index < -0.39 is 0 Å². The monoisotopic (exact) mass is 301 g/mol. The fourth-order valence-corrected chi connectivity index (χ4v) is 3.21. The molecule has 3 rings (SSSR count). The number of benzene rings is 1. The molecule has 5 nitrogen and oxygen atoms in total. The molecule has 1 saturated heterocycles. The third kappa shape index (κ3) is 3.09. The summed E-state index contributed by atoms with van der Waals surface area (Å²) in [5, 5.41) is 4.28. The van der Waals surface area contributed by atoms with Crippen molar-refractivity contribution in [3.8, 4) is 11.5 Å². The fraction of sp³-hybridized carbons (Fsp3) is 0.471. The van der Waals surface area contributed by atoms with Crippen LogP contribution in [0, 0.1) is 0 Å². The maximum Gasteiger partial charge on any atom is 0.123 e. The van der Waals surface area contributed by atoms with Gasteiger partial charge in [-0.25, -0.2) is 0 Å². The van der Waals surface area contributed by atoms with Crippen molar-refractivity contribution in [2.24, 2.45) is 0 Å². The van der Waals surface area contributed by atoms with Crippen LogP contribution in [0.15, 0.2) is 36.7 Å². The van der Waals surface area contributed by atoms with Gasteiger partial charge in [0.2, 0.25) is 0 Å². The van der Waals surface area contributed by atoms with Crippen LogP contribution in [0.25, 0.3) is 0 Å². The number of nitrogens with zero attached hydrogens (tertiary/aromatic N) is 3. The predicted octanol–water partition coefficient (Wildman–Crippen LogP) is 2.74. The van der Waals surface area contributed by atoms with E-state index in [1.807, 2.05) is 35.3 Å². The van der Waals surface area contributed by atoms with E-state index in [1.54, 1.807) is 14.2 Å². The van der Waals surface area contributed by atoms with Crippen LogP contribution in [0.5, 0.6) is 11.5 Å². The van der Waals surface area contributed by atoms with Gasteiger partial charge >= 0.3 is 0 Å². The summed E-state index contributed by atoms with van der Waals surface area (Å²) in [5.74, 6) is 1.83. The topological polar surface area (TPSA) is 39.5 Å². The van der Waals surface area contributed by atoms with Gasteiger partial charge in [0, 0.05) is 30.5 Å². The molecule has 0 radical (unpaired) electrons. The van der Waals surface area contributed by atoms with Crippen molar-refractivity contribution in [3.63, 3.8) is 0 Å². The van der Waals surface area contributed by atoms with Gasteiger partial charge in [0.25, 0.3) is 0 Å². The molecular weight excluding hydrogens is 278 g/mol. The summed E-state index contributed by atoms with van der Waals surface area (Å²) in [5.41, 5.74) is 1.22. The van der Waals surface area contributed by atoms with Gasteiger partial charge in [-0.2, -0.15) is 5.10 Å². The number of methoxy groups -OCH3 is 2. The smallest absolute Gasteiger partial charge is 0.123 e. The Kier molecular flexibility index (Phi) is 4.63. The van der Waals surface area contributed by atoms with E-state index in [2.05, 4.69) is 16.1 Å². The number of likely N-dealkylation sites (tertiary alicyclic amines) is 1. The highest BCUT2D eigenvalue weighted by molar-refractivity contribution is 5.42. The second-order valence-corrected chi connectivity index (χ2v) is 5.57. The number of ether oxygens (including phenoxy) is 2. The highest BCUT2D eigenvalue weighted by Crippen LogP contribution is 2.38. The Morgan fingerprint density at radius 1 is 1.23 bits per heavy atom. The fourth-order valence-electron chi connectivity index (χ4n) is 3.21. The Hall–Kier alpha value is -2.01. The van der Waals surface area contributed by atoms with E-state index in [-0.39, 0.29) is 0 Å². The molecular formula is C17H23N3O2. The summed E-state index contributed by atoms with van der Waals surface area (Å²) in [4.78, 5) is 2.51. The lowest BCUT2D eigenvalue weighted by molar-refractivity contribution is 0.237. The SMILES string of the molecule is COc1ccc(OC)c([C@@H]2CCCN2CCn2cccn2)c1. The molecule has 0 unspecified atom stereocenters. The Morgan fingerprint density at radius 3 is 2.86 bits per heavy atom. The van der Waals surface area contributed by atoms with Crippen LogP contribution in [0.1, 0.15) is 24.4 Å². The average Bonchev–Trinajstić information content (AvgIpc) is 3.23. The number of aromatic nitrogens is 2. The van der Waals surface area contributed by atoms with Crippen molar-refractivity contribution >= 4 is 0 Å². The Labute approximate surface area is 131 Å². The molecule has 1 aliphatic rings. The molecule has 0 N–H and O–H groups in total. The second-order valence-electron chi connectivity index (χ2n) is 5.57. The van der Waals surface area contributed by atoms with Crippen molar-refractivity contribution in [1.82, 2.24) is 14.7 Å². The number of hydrogen-bond donors (Lipinski definition) is 0. The lowest BCUT2D eigenvalue weighted by atomic mass is 10.0. The summed E-state index contributed by atoms with van der Waals surface area (Å²) >= 11 is 0. The van der Waals surface area contributed by atoms with Crippen LogP contribution in [0.4, 0.5) is 0 Å². The molecule has 5 heteroatoms. The highest BCUT2D eigenvalue weighted by atomic mass is 16.5. The quantitative estimate of drug-likeness (QED) is 0.822. The molecule has 0 aliphatic carbocycles. The third-order valence-corrected chi connectivity index (χ3v) is 4.34. The Bertz CT molecular complexity index is 598. The first-order chi connectivity index (χ1) is 10.8. The van der Waals surface area contributed by atoms with Crippen LogP contribution in [-0.4, -0.2) is 42.0 Å². The van der Waals surface area contributed by atoms with Gasteiger partial charge in [0.05, 0.1) is 20.8 Å². The zero-order valence-electron chi connectivity index (χ0n) is 13.2. The minimum atomic E-state index is 0.389. The van der Waals surface area contributed by atoms with Crippen molar-refractivity contribution in [1.29, 1.82) is 0 Å². The van der Waals surface area contributed by atoms with Gasteiger partial charge in [-0.1, -0.05) is 0 Å². The minimum Gasteiger partial charge on any atom is -0.497 e. The lowest BCUT2D eigenvalue weighted by Gasteiger charge is -2.26. The molecule has 22 heavy (non-hydrogen) atoms. The largest absolute Gasteiger partial charge is 0.497 e. The summed E-state index contributed by atoms with van der Waals surface area (Å²) in [6.45, 7) is 3.02. The molecule has 0 spiro atoms. The van der Waals surface area contributed by atoms with Gasteiger partial charge in [0.15, 0.2) is 0 Å². The normalized spacial score (nSPS) is 18.5. The summed E-state index contributed by atoms with van der Waals surface area (Å²) in [7, 11) is 3.43. The summed E-state index contributed by atoms with van der Waals surface area (Å²) < 4.78 is 12.9. The first-order valence-electron chi connectivity index (χ1n) is 7.75. The second kappa shape index (κ2) is 6.83. The van der Waals surface area contributed by atoms with Crippen molar-refractivity contribution in [3.05, 3.63) is 42.2 Å².